The van der Waals surface area contributed by atoms with E-state index in [9.17, 15) is 0 Å². The van der Waals surface area contributed by atoms with Crippen LogP contribution >= 0.6 is 24.0 Å². The fourth-order valence-electron chi connectivity index (χ4n) is 3.78. The summed E-state index contributed by atoms with van der Waals surface area (Å²) < 4.78 is 11.0. The van der Waals surface area contributed by atoms with E-state index in [0.717, 1.165) is 35.4 Å². The SMILES string of the molecule is COCCCN1C(=S)NC(c2ccc(SC)cc2)C(c2nc(-c3ccccc3)no2)=C1C. The highest BCUT2D eigenvalue weighted by molar-refractivity contribution is 7.98. The second kappa shape index (κ2) is 10.3. The number of benzene rings is 2. The predicted octanol–water partition coefficient (Wildman–Crippen LogP) is 5.16. The Bertz CT molecular complexity index is 1100. The highest BCUT2D eigenvalue weighted by Crippen LogP contribution is 2.37. The number of allylic oxidation sites excluding steroid dienone is 1. The van der Waals surface area contributed by atoms with E-state index in [2.05, 4.69) is 52.8 Å². The average molecular weight is 467 g/mol. The molecule has 0 fully saturated rings. The van der Waals surface area contributed by atoms with Crippen molar-refractivity contribution in [1.82, 2.24) is 20.4 Å². The molecule has 0 spiro atoms. The molecule has 0 bridgehead atoms. The molecule has 1 unspecified atom stereocenters. The molecule has 4 rings (SSSR count). The van der Waals surface area contributed by atoms with Crippen LogP contribution in [0.5, 0.6) is 0 Å². The Morgan fingerprint density at radius 1 is 1.16 bits per heavy atom. The molecule has 0 saturated heterocycles. The summed E-state index contributed by atoms with van der Waals surface area (Å²) >= 11 is 7.45. The maximum atomic E-state index is 5.78. The Morgan fingerprint density at radius 3 is 2.59 bits per heavy atom. The summed E-state index contributed by atoms with van der Waals surface area (Å²) in [5.41, 5.74) is 3.95. The van der Waals surface area contributed by atoms with Gasteiger partial charge in [0.15, 0.2) is 5.11 Å². The number of nitrogens with one attached hydrogen (secondary N) is 1. The van der Waals surface area contributed by atoms with Crippen LogP contribution in [0.2, 0.25) is 0 Å². The minimum Gasteiger partial charge on any atom is -0.385 e. The van der Waals surface area contributed by atoms with Gasteiger partial charge in [0.25, 0.3) is 5.89 Å². The van der Waals surface area contributed by atoms with Crippen molar-refractivity contribution in [1.29, 1.82) is 0 Å². The number of thioether (sulfide) groups is 1. The monoisotopic (exact) mass is 466 g/mol. The molecule has 1 aliphatic heterocycles. The standard InChI is InChI=1S/C24H26N4O2S2/c1-16-20(23-26-22(27-30-23)18-8-5-4-6-9-18)21(17-10-12-19(32-3)13-11-17)25-24(31)28(16)14-7-15-29-2/h4-6,8-13,21H,7,14-15H2,1-3H3,(H,25,31). The Balaban J connectivity index is 1.76. The second-order valence-corrected chi connectivity index (χ2v) is 8.71. The van der Waals surface area contributed by atoms with Gasteiger partial charge >= 0.3 is 0 Å². The molecular weight excluding hydrogens is 440 g/mol. The fourth-order valence-corrected chi connectivity index (χ4v) is 4.53. The lowest BCUT2D eigenvalue weighted by Gasteiger charge is -2.37. The first-order valence-corrected chi connectivity index (χ1v) is 12.1. The summed E-state index contributed by atoms with van der Waals surface area (Å²) in [7, 11) is 1.71. The van der Waals surface area contributed by atoms with Crippen molar-refractivity contribution < 1.29 is 9.26 Å². The zero-order valence-corrected chi connectivity index (χ0v) is 20.0. The van der Waals surface area contributed by atoms with Crippen molar-refractivity contribution in [2.24, 2.45) is 0 Å². The third-order valence-electron chi connectivity index (χ3n) is 5.46. The lowest BCUT2D eigenvalue weighted by Crippen LogP contribution is -2.46. The molecule has 1 atom stereocenters. The molecule has 2 heterocycles. The Hall–Kier alpha value is -2.68. The van der Waals surface area contributed by atoms with Crippen LogP contribution in [-0.2, 0) is 4.74 Å². The van der Waals surface area contributed by atoms with Crippen molar-refractivity contribution in [3.63, 3.8) is 0 Å². The summed E-state index contributed by atoms with van der Waals surface area (Å²) in [6.45, 7) is 3.47. The van der Waals surface area contributed by atoms with Gasteiger partial charge in [0.05, 0.1) is 11.6 Å². The van der Waals surface area contributed by atoms with Gasteiger partial charge in [0, 0.05) is 36.4 Å². The molecule has 1 N–H and O–H groups in total. The van der Waals surface area contributed by atoms with Crippen molar-refractivity contribution in [2.45, 2.75) is 24.3 Å². The van der Waals surface area contributed by atoms with Crippen molar-refractivity contribution in [3.05, 3.63) is 71.7 Å². The third kappa shape index (κ3) is 4.72. The van der Waals surface area contributed by atoms with Crippen molar-refractivity contribution in [2.75, 3.05) is 26.5 Å². The zero-order valence-electron chi connectivity index (χ0n) is 18.4. The van der Waals surface area contributed by atoms with Crippen LogP contribution in [0.3, 0.4) is 0 Å². The number of methoxy groups -OCH3 is 1. The first kappa shape index (κ1) is 22.5. The normalized spacial score (nSPS) is 16.4. The van der Waals surface area contributed by atoms with Crippen LogP contribution in [-0.4, -0.2) is 46.7 Å². The van der Waals surface area contributed by atoms with Crippen LogP contribution in [0.25, 0.3) is 17.0 Å². The summed E-state index contributed by atoms with van der Waals surface area (Å²) in [6, 6.07) is 18.1. The largest absolute Gasteiger partial charge is 0.385 e. The lowest BCUT2D eigenvalue weighted by molar-refractivity contribution is 0.188. The zero-order chi connectivity index (χ0) is 22.5. The van der Waals surface area contributed by atoms with E-state index in [1.54, 1.807) is 18.9 Å². The summed E-state index contributed by atoms with van der Waals surface area (Å²) in [5.74, 6) is 1.06. The van der Waals surface area contributed by atoms with Crippen LogP contribution in [0.1, 0.15) is 30.8 Å². The summed E-state index contributed by atoms with van der Waals surface area (Å²) in [5, 5.41) is 8.43. The quantitative estimate of drug-likeness (QED) is 0.278. The van der Waals surface area contributed by atoms with Gasteiger partial charge in [0.2, 0.25) is 5.82 Å². The molecule has 0 saturated carbocycles. The molecule has 8 heteroatoms. The maximum Gasteiger partial charge on any atom is 0.258 e. The molecule has 166 valence electrons. The third-order valence-corrected chi connectivity index (χ3v) is 6.55. The number of hydrogen-bond donors (Lipinski definition) is 1. The number of aromatic nitrogens is 2. The Morgan fingerprint density at radius 2 is 1.91 bits per heavy atom. The summed E-state index contributed by atoms with van der Waals surface area (Å²) in [6.07, 6.45) is 2.93. The number of ether oxygens (including phenoxy) is 1. The van der Waals surface area contributed by atoms with Crippen LogP contribution in [0.4, 0.5) is 0 Å². The molecule has 2 aromatic carbocycles. The van der Waals surface area contributed by atoms with Crippen LogP contribution in [0, 0.1) is 0 Å². The molecule has 1 aromatic heterocycles. The average Bonchev–Trinajstić information content (AvgIpc) is 3.31. The second-order valence-electron chi connectivity index (χ2n) is 7.44. The molecule has 3 aromatic rings. The molecule has 0 amide bonds. The van der Waals surface area contributed by atoms with E-state index in [0.29, 0.717) is 23.4 Å². The summed E-state index contributed by atoms with van der Waals surface area (Å²) in [4.78, 5) is 8.04. The van der Waals surface area contributed by atoms with Crippen molar-refractivity contribution >= 4 is 34.7 Å². The van der Waals surface area contributed by atoms with Gasteiger partial charge in [-0.25, -0.2) is 0 Å². The van der Waals surface area contributed by atoms with E-state index in [1.165, 1.54) is 4.90 Å². The number of nitrogens with zero attached hydrogens (tertiary/aromatic N) is 3. The van der Waals surface area contributed by atoms with Gasteiger partial charge in [-0.15, -0.1) is 11.8 Å². The van der Waals surface area contributed by atoms with Crippen LogP contribution < -0.4 is 5.32 Å². The van der Waals surface area contributed by atoms with E-state index >= 15 is 0 Å². The van der Waals surface area contributed by atoms with E-state index in [4.69, 9.17) is 26.5 Å². The smallest absolute Gasteiger partial charge is 0.258 e. The van der Waals surface area contributed by atoms with Gasteiger partial charge < -0.3 is 19.5 Å². The van der Waals surface area contributed by atoms with Gasteiger partial charge in [-0.2, -0.15) is 4.98 Å². The number of hydrogen-bond acceptors (Lipinski definition) is 6. The minimum absolute atomic E-state index is 0.179. The molecule has 32 heavy (non-hydrogen) atoms. The Kier molecular flexibility index (Phi) is 7.24. The maximum absolute atomic E-state index is 5.78. The molecular formula is C24H26N4O2S2. The fraction of sp³-hybridized carbons (Fsp3) is 0.292. The number of thiocarbonyl (C=S) groups is 1. The van der Waals surface area contributed by atoms with Gasteiger partial charge in [-0.1, -0.05) is 47.6 Å². The van der Waals surface area contributed by atoms with E-state index in [-0.39, 0.29) is 6.04 Å². The molecule has 6 nitrogen and oxygen atoms in total. The van der Waals surface area contributed by atoms with Gasteiger partial charge in [-0.05, 0) is 49.5 Å². The van der Waals surface area contributed by atoms with Gasteiger partial charge in [0.1, 0.15) is 0 Å². The van der Waals surface area contributed by atoms with Gasteiger partial charge in [-0.3, -0.25) is 0 Å². The first-order valence-electron chi connectivity index (χ1n) is 10.4. The minimum atomic E-state index is -0.179. The molecule has 0 radical (unpaired) electrons. The lowest BCUT2D eigenvalue weighted by atomic mass is 9.95. The Labute approximate surface area is 198 Å². The molecule has 1 aliphatic rings. The molecule has 0 aliphatic carbocycles. The van der Waals surface area contributed by atoms with Crippen LogP contribution in [0.15, 0.2) is 69.7 Å². The first-order chi connectivity index (χ1) is 15.6. The predicted molar refractivity (Wildman–Crippen MR) is 132 cm³/mol. The topological polar surface area (TPSA) is 63.4 Å². The van der Waals surface area contributed by atoms with E-state index < -0.39 is 0 Å². The number of rotatable bonds is 8. The van der Waals surface area contributed by atoms with Crippen molar-refractivity contribution in [3.8, 4) is 11.4 Å². The van der Waals surface area contributed by atoms with E-state index in [1.807, 2.05) is 30.3 Å². The highest BCUT2D eigenvalue weighted by Gasteiger charge is 2.33. The highest BCUT2D eigenvalue weighted by atomic mass is 32.2.